The lowest BCUT2D eigenvalue weighted by Gasteiger charge is -2.13. The van der Waals surface area contributed by atoms with Crippen LogP contribution in [0.25, 0.3) is 0 Å². The highest BCUT2D eigenvalue weighted by molar-refractivity contribution is 7.92. The van der Waals surface area contributed by atoms with Crippen molar-refractivity contribution in [3.05, 3.63) is 59.2 Å². The largest absolute Gasteiger partial charge is 0.329 e. The minimum atomic E-state index is -3.68. The van der Waals surface area contributed by atoms with Gasteiger partial charge in [0.15, 0.2) is 0 Å². The van der Waals surface area contributed by atoms with Gasteiger partial charge in [0.25, 0.3) is 10.0 Å². The van der Waals surface area contributed by atoms with Crippen molar-refractivity contribution < 1.29 is 18.0 Å². The average molecular weight is 373 g/mol. The van der Waals surface area contributed by atoms with Crippen LogP contribution in [0.3, 0.4) is 0 Å². The van der Waals surface area contributed by atoms with Gasteiger partial charge >= 0.3 is 6.03 Å². The summed E-state index contributed by atoms with van der Waals surface area (Å²) in [6.45, 7) is 3.93. The number of anilines is 1. The first-order valence-electron chi connectivity index (χ1n) is 8.03. The third kappa shape index (κ3) is 3.70. The molecular formula is C18H19N3O4S. The van der Waals surface area contributed by atoms with Crippen molar-refractivity contribution in [2.45, 2.75) is 25.3 Å². The third-order valence-corrected chi connectivity index (χ3v) is 5.65. The molecular weight excluding hydrogens is 354 g/mol. The fraction of sp³-hybridized carbons (Fsp3) is 0.222. The molecule has 2 aromatic carbocycles. The van der Waals surface area contributed by atoms with Crippen molar-refractivity contribution in [2.75, 3.05) is 11.3 Å². The van der Waals surface area contributed by atoms with Gasteiger partial charge in [0.2, 0.25) is 5.91 Å². The highest BCUT2D eigenvalue weighted by Gasteiger charge is 2.28. The molecule has 0 bridgehead atoms. The van der Waals surface area contributed by atoms with E-state index in [2.05, 4.69) is 10.0 Å². The summed E-state index contributed by atoms with van der Waals surface area (Å²) in [6.07, 6.45) is 0. The molecule has 1 saturated heterocycles. The number of nitrogens with one attached hydrogen (secondary N) is 2. The number of carbonyl (C=O) groups is 2. The second-order valence-electron chi connectivity index (χ2n) is 6.19. The molecule has 0 radical (unpaired) electrons. The number of rotatable bonds is 5. The first-order valence-corrected chi connectivity index (χ1v) is 9.52. The van der Waals surface area contributed by atoms with E-state index in [0.717, 1.165) is 21.6 Å². The second kappa shape index (κ2) is 6.80. The summed E-state index contributed by atoms with van der Waals surface area (Å²) >= 11 is 0. The predicted octanol–water partition coefficient (Wildman–Crippen LogP) is 2.16. The van der Waals surface area contributed by atoms with Gasteiger partial charge in [-0.2, -0.15) is 0 Å². The van der Waals surface area contributed by atoms with Crippen molar-refractivity contribution in [1.82, 2.24) is 10.2 Å². The van der Waals surface area contributed by atoms with E-state index in [4.69, 9.17) is 0 Å². The SMILES string of the molecule is Cc1ccc(S(=O)(=O)Nc2ccc(CN3C(=O)CNC3=O)cc2)cc1C. The minimum Gasteiger partial charge on any atom is -0.329 e. The Hall–Kier alpha value is -2.87. The smallest absolute Gasteiger partial charge is 0.324 e. The Morgan fingerprint density at radius 2 is 1.73 bits per heavy atom. The lowest BCUT2D eigenvalue weighted by molar-refractivity contribution is -0.125. The molecule has 26 heavy (non-hydrogen) atoms. The molecule has 1 fully saturated rings. The number of hydrogen-bond acceptors (Lipinski definition) is 4. The standard InChI is InChI=1S/C18H19N3O4S/c1-12-3-8-16(9-13(12)2)26(24,25)20-15-6-4-14(5-7-15)11-21-17(22)10-19-18(21)23/h3-9,20H,10-11H2,1-2H3,(H,19,23). The summed E-state index contributed by atoms with van der Waals surface area (Å²) in [5.41, 5.74) is 3.05. The number of carbonyl (C=O) groups excluding carboxylic acids is 2. The maximum absolute atomic E-state index is 12.5. The van der Waals surface area contributed by atoms with Gasteiger partial charge < -0.3 is 5.32 Å². The Bertz CT molecular complexity index is 952. The van der Waals surface area contributed by atoms with Crippen LogP contribution in [0.5, 0.6) is 0 Å². The Morgan fingerprint density at radius 1 is 1.04 bits per heavy atom. The summed E-state index contributed by atoms with van der Waals surface area (Å²) in [5.74, 6) is -0.283. The Kier molecular flexibility index (Phi) is 4.69. The number of aryl methyl sites for hydroxylation is 2. The van der Waals surface area contributed by atoms with Gasteiger partial charge in [-0.25, -0.2) is 13.2 Å². The number of urea groups is 1. The van der Waals surface area contributed by atoms with E-state index in [1.165, 1.54) is 0 Å². The van der Waals surface area contributed by atoms with Gasteiger partial charge in [-0.1, -0.05) is 18.2 Å². The van der Waals surface area contributed by atoms with Gasteiger partial charge in [0.1, 0.15) is 0 Å². The van der Waals surface area contributed by atoms with Gasteiger partial charge in [-0.05, 0) is 54.8 Å². The van der Waals surface area contributed by atoms with E-state index in [9.17, 15) is 18.0 Å². The number of amides is 3. The summed E-state index contributed by atoms with van der Waals surface area (Å²) in [6, 6.07) is 11.1. The topological polar surface area (TPSA) is 95.6 Å². The summed E-state index contributed by atoms with van der Waals surface area (Å²) in [7, 11) is -3.68. The van der Waals surface area contributed by atoms with Crippen LogP contribution in [0.1, 0.15) is 16.7 Å². The van der Waals surface area contributed by atoms with Crippen LogP contribution < -0.4 is 10.0 Å². The highest BCUT2D eigenvalue weighted by Crippen LogP contribution is 2.20. The Morgan fingerprint density at radius 3 is 2.31 bits per heavy atom. The van der Waals surface area contributed by atoms with Crippen LogP contribution in [0.4, 0.5) is 10.5 Å². The molecule has 3 amide bonds. The Balaban J connectivity index is 1.73. The molecule has 1 aliphatic heterocycles. The zero-order valence-corrected chi connectivity index (χ0v) is 15.3. The van der Waals surface area contributed by atoms with E-state index >= 15 is 0 Å². The van der Waals surface area contributed by atoms with Crippen LogP contribution in [0.2, 0.25) is 0 Å². The molecule has 0 saturated carbocycles. The average Bonchev–Trinajstić information content (AvgIpc) is 2.90. The first kappa shape index (κ1) is 17.9. The van der Waals surface area contributed by atoms with Crippen molar-refractivity contribution in [1.29, 1.82) is 0 Å². The molecule has 0 aromatic heterocycles. The van der Waals surface area contributed by atoms with Crippen LogP contribution in [-0.2, 0) is 21.4 Å². The molecule has 8 heteroatoms. The molecule has 7 nitrogen and oxygen atoms in total. The molecule has 3 rings (SSSR count). The maximum Gasteiger partial charge on any atom is 0.324 e. The van der Waals surface area contributed by atoms with Crippen molar-refractivity contribution >= 4 is 27.6 Å². The molecule has 1 heterocycles. The fourth-order valence-electron chi connectivity index (χ4n) is 2.57. The number of sulfonamides is 1. The van der Waals surface area contributed by atoms with Gasteiger partial charge in [0, 0.05) is 5.69 Å². The van der Waals surface area contributed by atoms with Crippen LogP contribution in [-0.4, -0.2) is 31.8 Å². The van der Waals surface area contributed by atoms with Crippen LogP contribution in [0.15, 0.2) is 47.4 Å². The molecule has 1 aliphatic rings. The summed E-state index contributed by atoms with van der Waals surface area (Å²) < 4.78 is 27.5. The number of benzene rings is 2. The quantitative estimate of drug-likeness (QED) is 0.785. The molecule has 0 unspecified atom stereocenters. The number of nitrogens with zero attached hydrogens (tertiary/aromatic N) is 1. The highest BCUT2D eigenvalue weighted by atomic mass is 32.2. The van der Waals surface area contributed by atoms with Crippen LogP contribution >= 0.6 is 0 Å². The summed E-state index contributed by atoms with van der Waals surface area (Å²) in [4.78, 5) is 24.5. The number of imide groups is 1. The molecule has 2 N–H and O–H groups in total. The molecule has 2 aromatic rings. The van der Waals surface area contributed by atoms with E-state index in [1.54, 1.807) is 42.5 Å². The van der Waals surface area contributed by atoms with Crippen molar-refractivity contribution in [3.8, 4) is 0 Å². The van der Waals surface area contributed by atoms with Crippen LogP contribution in [0, 0.1) is 13.8 Å². The lowest BCUT2D eigenvalue weighted by atomic mass is 10.1. The first-order chi connectivity index (χ1) is 12.3. The molecule has 0 atom stereocenters. The monoisotopic (exact) mass is 373 g/mol. The zero-order chi connectivity index (χ0) is 18.9. The summed E-state index contributed by atoms with van der Waals surface area (Å²) in [5, 5.41) is 2.45. The molecule has 136 valence electrons. The zero-order valence-electron chi connectivity index (χ0n) is 14.4. The Labute approximate surface area is 152 Å². The predicted molar refractivity (Wildman–Crippen MR) is 97.1 cm³/mol. The van der Waals surface area contributed by atoms with Gasteiger partial charge in [0.05, 0.1) is 18.0 Å². The second-order valence-corrected chi connectivity index (χ2v) is 7.87. The van der Waals surface area contributed by atoms with Gasteiger partial charge in [-0.3, -0.25) is 14.4 Å². The van der Waals surface area contributed by atoms with E-state index < -0.39 is 16.1 Å². The van der Waals surface area contributed by atoms with E-state index in [1.807, 2.05) is 13.8 Å². The molecule has 0 spiro atoms. The fourth-order valence-corrected chi connectivity index (χ4v) is 3.71. The number of hydrogen-bond donors (Lipinski definition) is 2. The van der Waals surface area contributed by atoms with E-state index in [-0.39, 0.29) is 23.9 Å². The minimum absolute atomic E-state index is 0.00663. The van der Waals surface area contributed by atoms with E-state index in [0.29, 0.717) is 5.69 Å². The maximum atomic E-state index is 12.5. The lowest BCUT2D eigenvalue weighted by Crippen LogP contribution is -2.30. The van der Waals surface area contributed by atoms with Crippen molar-refractivity contribution in [3.63, 3.8) is 0 Å². The normalized spacial score (nSPS) is 14.5. The van der Waals surface area contributed by atoms with Crippen molar-refractivity contribution in [2.24, 2.45) is 0 Å². The van der Waals surface area contributed by atoms with Gasteiger partial charge in [-0.15, -0.1) is 0 Å². The third-order valence-electron chi connectivity index (χ3n) is 4.27. The molecule has 0 aliphatic carbocycles.